The lowest BCUT2D eigenvalue weighted by molar-refractivity contribution is 0.0954. The maximum Gasteiger partial charge on any atom is 0.271 e. The van der Waals surface area contributed by atoms with Gasteiger partial charge >= 0.3 is 0 Å². The van der Waals surface area contributed by atoms with Crippen LogP contribution in [-0.2, 0) is 0 Å². The Bertz CT molecular complexity index is 599. The largest absolute Gasteiger partial charge is 0.347 e. The van der Waals surface area contributed by atoms with Crippen LogP contribution < -0.4 is 5.32 Å². The van der Waals surface area contributed by atoms with Crippen molar-refractivity contribution < 1.29 is 4.79 Å². The number of aromatic nitrogens is 1. The van der Waals surface area contributed by atoms with Crippen LogP contribution >= 0.6 is 11.3 Å². The lowest BCUT2D eigenvalue weighted by Crippen LogP contribution is -2.23. The smallest absolute Gasteiger partial charge is 0.271 e. The van der Waals surface area contributed by atoms with E-state index in [9.17, 15) is 4.79 Å². The van der Waals surface area contributed by atoms with Gasteiger partial charge in [-0.3, -0.25) is 4.79 Å². The second-order valence-corrected chi connectivity index (χ2v) is 5.67. The highest BCUT2D eigenvalue weighted by Gasteiger charge is 2.11. The number of thiazole rings is 1. The standard InChI is InChI=1S/C16H18N2OS/c1-4-9-17-15(19)14-10-20-16(18-14)13-7-5-12(6-8-13)11(2)3/h4-8,10-11H,1,9H2,2-3H3,(H,17,19). The van der Waals surface area contributed by atoms with E-state index in [2.05, 4.69) is 55.0 Å². The Kier molecular flexibility index (Phi) is 4.69. The molecule has 0 atom stereocenters. The number of rotatable bonds is 5. The van der Waals surface area contributed by atoms with E-state index in [1.165, 1.54) is 16.9 Å². The molecular formula is C16H18N2OS. The van der Waals surface area contributed by atoms with Crippen LogP contribution in [0, 0.1) is 0 Å². The molecule has 2 rings (SSSR count). The molecular weight excluding hydrogens is 268 g/mol. The van der Waals surface area contributed by atoms with Crippen molar-refractivity contribution in [1.29, 1.82) is 0 Å². The van der Waals surface area contributed by atoms with Crippen molar-refractivity contribution in [1.82, 2.24) is 10.3 Å². The highest BCUT2D eigenvalue weighted by molar-refractivity contribution is 7.13. The monoisotopic (exact) mass is 286 g/mol. The summed E-state index contributed by atoms with van der Waals surface area (Å²) in [6.45, 7) is 8.36. The molecule has 0 aliphatic heterocycles. The second-order valence-electron chi connectivity index (χ2n) is 4.81. The van der Waals surface area contributed by atoms with Gasteiger partial charge in [-0.05, 0) is 11.5 Å². The van der Waals surface area contributed by atoms with Crippen molar-refractivity contribution in [2.45, 2.75) is 19.8 Å². The summed E-state index contributed by atoms with van der Waals surface area (Å²) >= 11 is 1.48. The third kappa shape index (κ3) is 3.33. The molecule has 0 radical (unpaired) electrons. The maximum atomic E-state index is 11.8. The molecule has 1 heterocycles. The quantitative estimate of drug-likeness (QED) is 0.848. The summed E-state index contributed by atoms with van der Waals surface area (Å²) in [6.07, 6.45) is 1.65. The lowest BCUT2D eigenvalue weighted by Gasteiger charge is -2.05. The van der Waals surface area contributed by atoms with E-state index in [1.807, 2.05) is 0 Å². The van der Waals surface area contributed by atoms with Gasteiger partial charge in [0.25, 0.3) is 5.91 Å². The molecule has 104 valence electrons. The molecule has 4 heteroatoms. The van der Waals surface area contributed by atoms with Gasteiger partial charge in [0.05, 0.1) is 0 Å². The fourth-order valence-corrected chi connectivity index (χ4v) is 2.58. The number of hydrogen-bond acceptors (Lipinski definition) is 3. The highest BCUT2D eigenvalue weighted by Crippen LogP contribution is 2.25. The first-order chi connectivity index (χ1) is 9.61. The van der Waals surface area contributed by atoms with Gasteiger partial charge in [0, 0.05) is 17.5 Å². The summed E-state index contributed by atoms with van der Waals surface area (Å²) < 4.78 is 0. The normalized spacial score (nSPS) is 10.6. The van der Waals surface area contributed by atoms with Gasteiger partial charge in [-0.1, -0.05) is 44.2 Å². The van der Waals surface area contributed by atoms with Crippen LogP contribution in [0.15, 0.2) is 42.3 Å². The first-order valence-electron chi connectivity index (χ1n) is 6.56. The van der Waals surface area contributed by atoms with E-state index in [4.69, 9.17) is 0 Å². The maximum absolute atomic E-state index is 11.8. The fraction of sp³-hybridized carbons (Fsp3) is 0.250. The minimum absolute atomic E-state index is 0.161. The summed E-state index contributed by atoms with van der Waals surface area (Å²) in [5.74, 6) is 0.354. The average Bonchev–Trinajstić information content (AvgIpc) is 2.94. The van der Waals surface area contributed by atoms with Crippen LogP contribution in [0.3, 0.4) is 0 Å². The van der Waals surface area contributed by atoms with Gasteiger partial charge in [0.15, 0.2) is 0 Å². The Morgan fingerprint density at radius 3 is 2.70 bits per heavy atom. The van der Waals surface area contributed by atoms with E-state index < -0.39 is 0 Å². The molecule has 0 saturated carbocycles. The number of benzene rings is 1. The van der Waals surface area contributed by atoms with Crippen molar-refractivity contribution >= 4 is 17.2 Å². The molecule has 20 heavy (non-hydrogen) atoms. The molecule has 0 fully saturated rings. The average molecular weight is 286 g/mol. The number of nitrogens with zero attached hydrogens (tertiary/aromatic N) is 1. The molecule has 0 saturated heterocycles. The van der Waals surface area contributed by atoms with Crippen LogP contribution in [0.4, 0.5) is 0 Å². The summed E-state index contributed by atoms with van der Waals surface area (Å²) in [6, 6.07) is 8.33. The zero-order valence-corrected chi connectivity index (χ0v) is 12.5. The lowest BCUT2D eigenvalue weighted by atomic mass is 10.0. The van der Waals surface area contributed by atoms with E-state index in [0.29, 0.717) is 18.2 Å². The molecule has 1 aromatic heterocycles. The third-order valence-corrected chi connectivity index (χ3v) is 3.86. The summed E-state index contributed by atoms with van der Waals surface area (Å²) in [4.78, 5) is 16.2. The van der Waals surface area contributed by atoms with Gasteiger partial charge in [0.2, 0.25) is 0 Å². The van der Waals surface area contributed by atoms with E-state index in [-0.39, 0.29) is 5.91 Å². The molecule has 2 aromatic rings. The molecule has 0 aliphatic rings. The van der Waals surface area contributed by atoms with Gasteiger partial charge in [-0.25, -0.2) is 4.98 Å². The summed E-state index contributed by atoms with van der Waals surface area (Å²) in [5, 5.41) is 5.37. The number of hydrogen-bond donors (Lipinski definition) is 1. The Hall–Kier alpha value is -1.94. The minimum Gasteiger partial charge on any atom is -0.347 e. The molecule has 0 unspecified atom stereocenters. The zero-order valence-electron chi connectivity index (χ0n) is 11.7. The van der Waals surface area contributed by atoms with Crippen molar-refractivity contribution in [3.05, 3.63) is 53.6 Å². The molecule has 0 aliphatic carbocycles. The first kappa shape index (κ1) is 14.5. The Morgan fingerprint density at radius 2 is 2.10 bits per heavy atom. The molecule has 1 aromatic carbocycles. The van der Waals surface area contributed by atoms with Crippen LogP contribution in [0.2, 0.25) is 0 Å². The molecule has 3 nitrogen and oxygen atoms in total. The Labute approximate surface area is 123 Å². The second kappa shape index (κ2) is 6.48. The number of carbonyl (C=O) groups is 1. The van der Waals surface area contributed by atoms with Gasteiger partial charge in [-0.2, -0.15) is 0 Å². The number of carbonyl (C=O) groups excluding carboxylic acids is 1. The topological polar surface area (TPSA) is 42.0 Å². The van der Waals surface area contributed by atoms with Gasteiger partial charge in [0.1, 0.15) is 10.7 Å². The van der Waals surface area contributed by atoms with Crippen molar-refractivity contribution in [2.75, 3.05) is 6.54 Å². The molecule has 0 spiro atoms. The number of nitrogens with one attached hydrogen (secondary N) is 1. The van der Waals surface area contributed by atoms with Crippen molar-refractivity contribution in [3.63, 3.8) is 0 Å². The predicted molar refractivity (Wildman–Crippen MR) is 84.2 cm³/mol. The molecule has 0 bridgehead atoms. The summed E-state index contributed by atoms with van der Waals surface area (Å²) in [5.41, 5.74) is 2.80. The zero-order chi connectivity index (χ0) is 14.5. The van der Waals surface area contributed by atoms with Crippen LogP contribution in [0.25, 0.3) is 10.6 Å². The highest BCUT2D eigenvalue weighted by atomic mass is 32.1. The van der Waals surface area contributed by atoms with Crippen LogP contribution in [0.1, 0.15) is 35.8 Å². The molecule has 1 amide bonds. The van der Waals surface area contributed by atoms with Crippen LogP contribution in [0.5, 0.6) is 0 Å². The third-order valence-electron chi connectivity index (χ3n) is 2.97. The summed E-state index contributed by atoms with van der Waals surface area (Å²) in [7, 11) is 0. The van der Waals surface area contributed by atoms with Gasteiger partial charge < -0.3 is 5.32 Å². The van der Waals surface area contributed by atoms with E-state index >= 15 is 0 Å². The van der Waals surface area contributed by atoms with Crippen LogP contribution in [-0.4, -0.2) is 17.4 Å². The fourth-order valence-electron chi connectivity index (χ4n) is 1.78. The number of amides is 1. The van der Waals surface area contributed by atoms with E-state index in [0.717, 1.165) is 10.6 Å². The molecule has 1 N–H and O–H groups in total. The van der Waals surface area contributed by atoms with E-state index in [1.54, 1.807) is 11.5 Å². The SMILES string of the molecule is C=CCNC(=O)c1csc(-c2ccc(C(C)C)cc2)n1. The minimum atomic E-state index is -0.161. The van der Waals surface area contributed by atoms with Gasteiger partial charge in [-0.15, -0.1) is 17.9 Å². The first-order valence-corrected chi connectivity index (χ1v) is 7.44. The van der Waals surface area contributed by atoms with Crippen molar-refractivity contribution in [3.8, 4) is 10.6 Å². The Balaban J connectivity index is 2.15. The predicted octanol–water partition coefficient (Wildman–Crippen LogP) is 3.85. The van der Waals surface area contributed by atoms with Crippen molar-refractivity contribution in [2.24, 2.45) is 0 Å². The Morgan fingerprint density at radius 1 is 1.40 bits per heavy atom.